The zero-order valence-electron chi connectivity index (χ0n) is 14.0. The number of carbonyl (C=O) groups is 1. The van der Waals surface area contributed by atoms with Gasteiger partial charge in [-0.05, 0) is 35.0 Å². The maximum Gasteiger partial charge on any atom is 0.319 e. The monoisotopic (exact) mass is 348 g/mol. The maximum atomic E-state index is 11.9. The van der Waals surface area contributed by atoms with Crippen LogP contribution >= 0.6 is 11.6 Å². The van der Waals surface area contributed by atoms with Crippen molar-refractivity contribution in [3.63, 3.8) is 0 Å². The topological polar surface area (TPSA) is 84.2 Å². The van der Waals surface area contributed by atoms with E-state index in [9.17, 15) is 4.79 Å². The summed E-state index contributed by atoms with van der Waals surface area (Å²) in [5.41, 5.74) is 1.80. The first-order chi connectivity index (χ1) is 11.7. The molecule has 3 aromatic rings. The van der Waals surface area contributed by atoms with Crippen molar-refractivity contribution in [1.82, 2.24) is 25.4 Å². The van der Waals surface area contributed by atoms with Crippen molar-refractivity contribution in [3.05, 3.63) is 29.3 Å². The highest BCUT2D eigenvalue weighted by Gasteiger charge is 2.12. The molecule has 0 atom stereocenters. The van der Waals surface area contributed by atoms with Gasteiger partial charge in [-0.1, -0.05) is 44.9 Å². The van der Waals surface area contributed by atoms with E-state index in [-0.39, 0.29) is 6.03 Å². The second-order valence-corrected chi connectivity index (χ2v) is 5.35. The number of fused-ring (bicyclic) bond motifs is 3. The Bertz CT molecular complexity index is 832. The molecule has 0 fully saturated rings. The van der Waals surface area contributed by atoms with E-state index in [2.05, 4.69) is 33.1 Å². The average molecular weight is 349 g/mol. The number of anilines is 1. The Morgan fingerprint density at radius 1 is 1.29 bits per heavy atom. The van der Waals surface area contributed by atoms with Crippen LogP contribution < -0.4 is 10.6 Å². The Labute approximate surface area is 145 Å². The smallest absolute Gasteiger partial charge is 0.319 e. The molecule has 0 radical (unpaired) electrons. The molecule has 2 N–H and O–H groups in total. The van der Waals surface area contributed by atoms with Crippen LogP contribution in [0.1, 0.15) is 33.6 Å². The number of pyridine rings is 1. The number of nitrogens with one attached hydrogen (secondary N) is 2. The number of rotatable bonds is 4. The number of tetrazole rings is 1. The summed E-state index contributed by atoms with van der Waals surface area (Å²) in [4.78, 5) is 11.9. The third-order valence-electron chi connectivity index (χ3n) is 3.30. The molecule has 0 aliphatic carbocycles. The van der Waals surface area contributed by atoms with E-state index in [1.807, 2.05) is 26.0 Å². The Balaban J connectivity index is 0.00000100. The number of halogens is 1. The fourth-order valence-corrected chi connectivity index (χ4v) is 2.36. The Kier molecular flexibility index (Phi) is 6.31. The van der Waals surface area contributed by atoms with Crippen LogP contribution in [0.5, 0.6) is 0 Å². The van der Waals surface area contributed by atoms with Crippen molar-refractivity contribution < 1.29 is 4.79 Å². The molecule has 1 aromatic carbocycles. The summed E-state index contributed by atoms with van der Waals surface area (Å²) in [5.74, 6) is 0. The third kappa shape index (κ3) is 3.91. The molecular weight excluding hydrogens is 328 g/mol. The first-order valence-corrected chi connectivity index (χ1v) is 8.42. The lowest BCUT2D eigenvalue weighted by Crippen LogP contribution is -2.29. The lowest BCUT2D eigenvalue weighted by molar-refractivity contribution is 0.252. The van der Waals surface area contributed by atoms with Crippen molar-refractivity contribution >= 4 is 39.9 Å². The molecule has 0 unspecified atom stereocenters. The predicted octanol–water partition coefficient (Wildman–Crippen LogP) is 3.88. The second kappa shape index (κ2) is 8.44. The van der Waals surface area contributed by atoms with E-state index in [1.165, 1.54) is 0 Å². The maximum absolute atomic E-state index is 11.9. The summed E-state index contributed by atoms with van der Waals surface area (Å²) in [6, 6.07) is 6.98. The summed E-state index contributed by atoms with van der Waals surface area (Å²) in [5, 5.41) is 18.7. The highest BCUT2D eigenvalue weighted by molar-refractivity contribution is 6.31. The van der Waals surface area contributed by atoms with Gasteiger partial charge in [-0.2, -0.15) is 4.52 Å². The van der Waals surface area contributed by atoms with Crippen LogP contribution in [0.3, 0.4) is 0 Å². The number of aromatic nitrogens is 4. The van der Waals surface area contributed by atoms with Gasteiger partial charge in [0.1, 0.15) is 0 Å². The van der Waals surface area contributed by atoms with Crippen LogP contribution in [0.2, 0.25) is 5.02 Å². The normalized spacial score (nSPS) is 10.3. The van der Waals surface area contributed by atoms with Gasteiger partial charge in [0.2, 0.25) is 5.65 Å². The molecule has 0 saturated carbocycles. The summed E-state index contributed by atoms with van der Waals surface area (Å²) in [7, 11) is 0. The Morgan fingerprint density at radius 2 is 2.08 bits per heavy atom. The van der Waals surface area contributed by atoms with Gasteiger partial charge >= 0.3 is 6.03 Å². The van der Waals surface area contributed by atoms with E-state index in [4.69, 9.17) is 11.6 Å². The molecule has 7 nitrogen and oxygen atoms in total. The number of amides is 2. The standard InChI is InChI=1S/C14H15ClN6O.C2H6/c1-2-3-6-16-14(22)17-11-7-9-4-5-10(15)8-12(9)21-13(11)18-19-20-21;1-2/h4-5,7-8H,2-3,6H2,1H3,(H2,16,17,22);1-2H3. The van der Waals surface area contributed by atoms with Gasteiger partial charge in [-0.15, -0.1) is 5.10 Å². The van der Waals surface area contributed by atoms with Crippen LogP contribution in [0.25, 0.3) is 16.6 Å². The van der Waals surface area contributed by atoms with Gasteiger partial charge in [-0.25, -0.2) is 4.79 Å². The van der Waals surface area contributed by atoms with E-state index in [0.29, 0.717) is 22.9 Å². The number of urea groups is 1. The van der Waals surface area contributed by atoms with Crippen LogP contribution in [0.4, 0.5) is 10.5 Å². The van der Waals surface area contributed by atoms with Gasteiger partial charge in [0.25, 0.3) is 0 Å². The van der Waals surface area contributed by atoms with Crippen molar-refractivity contribution in [2.75, 3.05) is 11.9 Å². The number of nitrogens with zero attached hydrogens (tertiary/aromatic N) is 4. The minimum atomic E-state index is -0.272. The third-order valence-corrected chi connectivity index (χ3v) is 3.53. The Morgan fingerprint density at radius 3 is 2.83 bits per heavy atom. The zero-order valence-corrected chi connectivity index (χ0v) is 14.8. The van der Waals surface area contributed by atoms with Crippen molar-refractivity contribution in [1.29, 1.82) is 0 Å². The summed E-state index contributed by atoms with van der Waals surface area (Å²) in [6.45, 7) is 6.70. The number of hydrogen-bond donors (Lipinski definition) is 2. The van der Waals surface area contributed by atoms with Gasteiger partial charge in [0.05, 0.1) is 11.2 Å². The minimum Gasteiger partial charge on any atom is -0.338 e. The minimum absolute atomic E-state index is 0.272. The Hall–Kier alpha value is -2.41. The summed E-state index contributed by atoms with van der Waals surface area (Å²) < 4.78 is 1.56. The molecule has 2 heterocycles. The zero-order chi connectivity index (χ0) is 17.5. The largest absolute Gasteiger partial charge is 0.338 e. The van der Waals surface area contributed by atoms with Gasteiger partial charge in [0.15, 0.2) is 0 Å². The van der Waals surface area contributed by atoms with Gasteiger partial charge in [0, 0.05) is 17.0 Å². The fourth-order valence-electron chi connectivity index (χ4n) is 2.20. The highest BCUT2D eigenvalue weighted by atomic mass is 35.5. The summed E-state index contributed by atoms with van der Waals surface area (Å²) in [6.07, 6.45) is 1.96. The SMILES string of the molecule is CC.CCCCNC(=O)Nc1cc2ccc(Cl)cc2n2nnnc12. The van der Waals surface area contributed by atoms with Crippen LogP contribution in [-0.4, -0.2) is 32.6 Å². The molecular formula is C16H21ClN6O. The number of carbonyl (C=O) groups excluding carboxylic acids is 1. The van der Waals surface area contributed by atoms with Crippen molar-refractivity contribution in [2.45, 2.75) is 33.6 Å². The molecule has 0 spiro atoms. The highest BCUT2D eigenvalue weighted by Crippen LogP contribution is 2.25. The van der Waals surface area contributed by atoms with Crippen LogP contribution in [-0.2, 0) is 0 Å². The summed E-state index contributed by atoms with van der Waals surface area (Å²) >= 11 is 6.02. The van der Waals surface area contributed by atoms with Crippen LogP contribution in [0, 0.1) is 0 Å². The first-order valence-electron chi connectivity index (χ1n) is 8.04. The lowest BCUT2D eigenvalue weighted by Gasteiger charge is -2.09. The molecule has 0 saturated heterocycles. The molecule has 128 valence electrons. The van der Waals surface area contributed by atoms with Crippen LogP contribution in [0.15, 0.2) is 24.3 Å². The molecule has 2 amide bonds. The van der Waals surface area contributed by atoms with Crippen molar-refractivity contribution in [2.24, 2.45) is 0 Å². The second-order valence-electron chi connectivity index (χ2n) is 4.91. The molecule has 24 heavy (non-hydrogen) atoms. The van der Waals surface area contributed by atoms with E-state index in [0.717, 1.165) is 23.7 Å². The first kappa shape index (κ1) is 17.9. The quantitative estimate of drug-likeness (QED) is 0.701. The molecule has 8 heteroatoms. The van der Waals surface area contributed by atoms with E-state index >= 15 is 0 Å². The predicted molar refractivity (Wildman–Crippen MR) is 96.6 cm³/mol. The lowest BCUT2D eigenvalue weighted by atomic mass is 10.2. The molecule has 0 aliphatic heterocycles. The fraction of sp³-hybridized carbons (Fsp3) is 0.375. The molecule has 3 rings (SSSR count). The molecule has 0 aliphatic rings. The number of benzene rings is 1. The number of hydrogen-bond acceptors (Lipinski definition) is 4. The van der Waals surface area contributed by atoms with Gasteiger partial charge < -0.3 is 10.6 Å². The molecule has 2 aromatic heterocycles. The van der Waals surface area contributed by atoms with E-state index in [1.54, 1.807) is 16.6 Å². The average Bonchev–Trinajstić information content (AvgIpc) is 3.08. The molecule has 0 bridgehead atoms. The van der Waals surface area contributed by atoms with Crippen molar-refractivity contribution in [3.8, 4) is 0 Å². The number of unbranched alkanes of at least 4 members (excludes halogenated alkanes) is 1. The van der Waals surface area contributed by atoms with Gasteiger partial charge in [-0.3, -0.25) is 0 Å². The van der Waals surface area contributed by atoms with E-state index < -0.39 is 0 Å².